The Morgan fingerprint density at radius 3 is 2.84 bits per heavy atom. The van der Waals surface area contributed by atoms with Gasteiger partial charge in [-0.2, -0.15) is 0 Å². The van der Waals surface area contributed by atoms with Gasteiger partial charge in [0.05, 0.1) is 16.3 Å². The third kappa shape index (κ3) is 2.38. The minimum Gasteiger partial charge on any atom is -0.314 e. The number of anilines is 1. The lowest BCUT2D eigenvalue weighted by molar-refractivity contribution is -0.114. The van der Waals surface area contributed by atoms with Gasteiger partial charge in [0.25, 0.3) is 11.7 Å². The van der Waals surface area contributed by atoms with Crippen molar-refractivity contribution in [1.82, 2.24) is 5.32 Å². The van der Waals surface area contributed by atoms with Crippen molar-refractivity contribution in [2.75, 3.05) is 18.0 Å². The summed E-state index contributed by atoms with van der Waals surface area (Å²) in [4.78, 5) is 25.4. The molecule has 1 aliphatic carbocycles. The van der Waals surface area contributed by atoms with Crippen LogP contribution in [0.3, 0.4) is 0 Å². The number of nitrogens with one attached hydrogen (secondary N) is 1. The van der Waals surface area contributed by atoms with Crippen LogP contribution in [0.4, 0.5) is 5.69 Å². The van der Waals surface area contributed by atoms with Crippen LogP contribution >= 0.6 is 11.6 Å². The summed E-state index contributed by atoms with van der Waals surface area (Å²) in [6, 6.07) is 5.85. The summed E-state index contributed by atoms with van der Waals surface area (Å²) >= 11 is 5.99. The molecule has 1 aromatic carbocycles. The average molecular weight is 279 g/mol. The van der Waals surface area contributed by atoms with Gasteiger partial charge in [0.2, 0.25) is 0 Å². The standard InChI is InChI=1S/C14H15ClN2O2/c15-10-3-1-4-11-12(10)13(18)14(19)17(11)8-2-7-16-9-5-6-9/h1,3-4,9,16H,2,5-8H2. The first-order valence-corrected chi connectivity index (χ1v) is 6.94. The normalized spacial score (nSPS) is 18.1. The van der Waals surface area contributed by atoms with Crippen LogP contribution in [0.15, 0.2) is 18.2 Å². The number of ketones is 1. The van der Waals surface area contributed by atoms with E-state index >= 15 is 0 Å². The van der Waals surface area contributed by atoms with Crippen LogP contribution in [0.5, 0.6) is 0 Å². The van der Waals surface area contributed by atoms with Crippen LogP contribution in [0, 0.1) is 0 Å². The number of rotatable bonds is 5. The van der Waals surface area contributed by atoms with Gasteiger partial charge in [-0.15, -0.1) is 0 Å². The lowest BCUT2D eigenvalue weighted by Crippen LogP contribution is -2.32. The van der Waals surface area contributed by atoms with Gasteiger partial charge in [0.15, 0.2) is 0 Å². The lowest BCUT2D eigenvalue weighted by Gasteiger charge is -2.16. The predicted octanol–water partition coefficient (Wildman–Crippen LogP) is 2.01. The largest absolute Gasteiger partial charge is 0.314 e. The Morgan fingerprint density at radius 1 is 1.32 bits per heavy atom. The molecule has 1 heterocycles. The van der Waals surface area contributed by atoms with Gasteiger partial charge in [0.1, 0.15) is 0 Å². The number of halogens is 1. The third-order valence-electron chi connectivity index (χ3n) is 3.52. The summed E-state index contributed by atoms with van der Waals surface area (Å²) in [5.41, 5.74) is 0.998. The van der Waals surface area contributed by atoms with Gasteiger partial charge >= 0.3 is 0 Å². The van der Waals surface area contributed by atoms with E-state index in [2.05, 4.69) is 5.32 Å². The molecule has 0 bridgehead atoms. The molecule has 5 heteroatoms. The number of Topliss-reactive ketones (excluding diaryl/α,β-unsaturated/α-hetero) is 1. The summed E-state index contributed by atoms with van der Waals surface area (Å²) in [5, 5.41) is 3.75. The second-order valence-corrected chi connectivity index (χ2v) is 5.41. The van der Waals surface area contributed by atoms with E-state index in [9.17, 15) is 9.59 Å². The first kappa shape index (κ1) is 12.6. The Kier molecular flexibility index (Phi) is 3.29. The van der Waals surface area contributed by atoms with Gasteiger partial charge in [-0.25, -0.2) is 0 Å². The molecule has 1 N–H and O–H groups in total. The Bertz CT molecular complexity index is 540. The fraction of sp³-hybridized carbons (Fsp3) is 0.429. The first-order chi connectivity index (χ1) is 9.18. The molecule has 100 valence electrons. The van der Waals surface area contributed by atoms with Gasteiger partial charge in [-0.05, 0) is 37.9 Å². The maximum absolute atomic E-state index is 12.0. The molecule has 0 aromatic heterocycles. The highest BCUT2D eigenvalue weighted by Gasteiger charge is 2.36. The number of amides is 1. The molecular weight excluding hydrogens is 264 g/mol. The monoisotopic (exact) mass is 278 g/mol. The van der Waals surface area contributed by atoms with Crippen molar-refractivity contribution >= 4 is 29.0 Å². The summed E-state index contributed by atoms with van der Waals surface area (Å²) in [5.74, 6) is -0.953. The van der Waals surface area contributed by atoms with Gasteiger partial charge in [-0.1, -0.05) is 17.7 Å². The second-order valence-electron chi connectivity index (χ2n) is 5.00. The Hall–Kier alpha value is -1.39. The van der Waals surface area contributed by atoms with Crippen molar-refractivity contribution in [3.63, 3.8) is 0 Å². The number of carbonyl (C=O) groups is 2. The number of nitrogens with zero attached hydrogens (tertiary/aromatic N) is 1. The summed E-state index contributed by atoms with van der Waals surface area (Å²) in [7, 11) is 0. The van der Waals surface area contributed by atoms with Crippen LogP contribution in [0.25, 0.3) is 0 Å². The number of fused-ring (bicyclic) bond motifs is 1. The molecule has 1 fully saturated rings. The molecule has 0 spiro atoms. The molecule has 3 rings (SSSR count). The highest BCUT2D eigenvalue weighted by molar-refractivity contribution is 6.55. The topological polar surface area (TPSA) is 49.4 Å². The number of hydrogen-bond donors (Lipinski definition) is 1. The van der Waals surface area contributed by atoms with Crippen molar-refractivity contribution < 1.29 is 9.59 Å². The maximum atomic E-state index is 12.0. The lowest BCUT2D eigenvalue weighted by atomic mass is 10.1. The minimum atomic E-state index is -0.490. The van der Waals surface area contributed by atoms with Crippen LogP contribution in [0.2, 0.25) is 5.02 Å². The van der Waals surface area contributed by atoms with E-state index in [1.54, 1.807) is 18.2 Å². The van der Waals surface area contributed by atoms with Crippen molar-refractivity contribution in [3.05, 3.63) is 28.8 Å². The minimum absolute atomic E-state index is 0.351. The van der Waals surface area contributed by atoms with Crippen molar-refractivity contribution in [2.24, 2.45) is 0 Å². The molecule has 19 heavy (non-hydrogen) atoms. The van der Waals surface area contributed by atoms with Gasteiger partial charge < -0.3 is 10.2 Å². The highest BCUT2D eigenvalue weighted by Crippen LogP contribution is 2.34. The molecule has 1 aliphatic heterocycles. The third-order valence-corrected chi connectivity index (χ3v) is 3.83. The van der Waals surface area contributed by atoms with E-state index < -0.39 is 11.7 Å². The van der Waals surface area contributed by atoms with Crippen LogP contribution in [-0.4, -0.2) is 30.8 Å². The van der Waals surface area contributed by atoms with E-state index in [4.69, 9.17) is 11.6 Å². The van der Waals surface area contributed by atoms with E-state index in [0.29, 0.717) is 28.9 Å². The molecule has 1 saturated carbocycles. The molecule has 2 aliphatic rings. The molecule has 0 atom stereocenters. The second kappa shape index (κ2) is 4.94. The summed E-state index contributed by atoms with van der Waals surface area (Å²) in [6.45, 7) is 1.43. The van der Waals surface area contributed by atoms with Crippen molar-refractivity contribution in [2.45, 2.75) is 25.3 Å². The predicted molar refractivity (Wildman–Crippen MR) is 73.8 cm³/mol. The zero-order valence-corrected chi connectivity index (χ0v) is 11.2. The molecule has 0 saturated heterocycles. The highest BCUT2D eigenvalue weighted by atomic mass is 35.5. The van der Waals surface area contributed by atoms with Crippen LogP contribution in [0.1, 0.15) is 29.6 Å². The fourth-order valence-corrected chi connectivity index (χ4v) is 2.61. The Labute approximate surface area is 116 Å². The summed E-state index contributed by atoms with van der Waals surface area (Å²) in [6.07, 6.45) is 3.33. The van der Waals surface area contributed by atoms with E-state index in [1.165, 1.54) is 17.7 Å². The molecule has 0 radical (unpaired) electrons. The van der Waals surface area contributed by atoms with E-state index in [-0.39, 0.29) is 0 Å². The molecule has 1 amide bonds. The smallest absolute Gasteiger partial charge is 0.299 e. The fourth-order valence-electron chi connectivity index (χ4n) is 2.35. The Balaban J connectivity index is 1.69. The molecule has 0 unspecified atom stereocenters. The summed E-state index contributed by atoms with van der Waals surface area (Å²) < 4.78 is 0. The molecular formula is C14H15ClN2O2. The van der Waals surface area contributed by atoms with Crippen molar-refractivity contribution in [1.29, 1.82) is 0 Å². The average Bonchev–Trinajstić information content (AvgIpc) is 3.17. The SMILES string of the molecule is O=C1C(=O)N(CCCNC2CC2)c2cccc(Cl)c21. The van der Waals surface area contributed by atoms with Crippen LogP contribution < -0.4 is 10.2 Å². The number of carbonyl (C=O) groups excluding carboxylic acids is 2. The first-order valence-electron chi connectivity index (χ1n) is 6.56. The van der Waals surface area contributed by atoms with Crippen molar-refractivity contribution in [3.8, 4) is 0 Å². The maximum Gasteiger partial charge on any atom is 0.299 e. The zero-order valence-electron chi connectivity index (χ0n) is 10.5. The number of benzene rings is 1. The molecule has 4 nitrogen and oxygen atoms in total. The molecule has 1 aromatic rings. The van der Waals surface area contributed by atoms with Gasteiger partial charge in [-0.3, -0.25) is 9.59 Å². The number of hydrogen-bond acceptors (Lipinski definition) is 3. The van der Waals surface area contributed by atoms with E-state index in [0.717, 1.165) is 13.0 Å². The Morgan fingerprint density at radius 2 is 2.11 bits per heavy atom. The quantitative estimate of drug-likeness (QED) is 0.662. The van der Waals surface area contributed by atoms with Gasteiger partial charge in [0, 0.05) is 12.6 Å². The zero-order chi connectivity index (χ0) is 13.4. The van der Waals surface area contributed by atoms with E-state index in [1.807, 2.05) is 0 Å². The van der Waals surface area contributed by atoms with Crippen LogP contribution in [-0.2, 0) is 4.79 Å².